The molecule has 1 amide bonds. The van der Waals surface area contributed by atoms with Crippen molar-refractivity contribution in [3.8, 4) is 0 Å². The number of rotatable bonds is 1. The summed E-state index contributed by atoms with van der Waals surface area (Å²) < 4.78 is 0.601. The Hall–Kier alpha value is -0.920. The number of primary amides is 1. The summed E-state index contributed by atoms with van der Waals surface area (Å²) in [5.74, 6) is -0.539. The lowest BCUT2D eigenvalue weighted by atomic mass is 10.4. The van der Waals surface area contributed by atoms with Crippen molar-refractivity contribution < 1.29 is 4.79 Å². The molecule has 0 saturated carbocycles. The maximum Gasteiger partial charge on any atom is 0.267 e. The van der Waals surface area contributed by atoms with E-state index in [1.54, 1.807) is 0 Å². The SMILES string of the molecule is NC(=O)c1cc(I)nc(N)n1. The number of aromatic nitrogens is 2. The largest absolute Gasteiger partial charge is 0.368 e. The Morgan fingerprint density at radius 3 is 2.64 bits per heavy atom. The van der Waals surface area contributed by atoms with Crippen molar-refractivity contribution in [1.82, 2.24) is 9.97 Å². The van der Waals surface area contributed by atoms with Gasteiger partial charge in [-0.05, 0) is 22.6 Å². The zero-order valence-corrected chi connectivity index (χ0v) is 7.57. The Morgan fingerprint density at radius 2 is 2.18 bits per heavy atom. The highest BCUT2D eigenvalue weighted by Gasteiger charge is 2.04. The third-order valence-electron chi connectivity index (χ3n) is 0.965. The fraction of sp³-hybridized carbons (Fsp3) is 0. The van der Waals surface area contributed by atoms with E-state index in [1.165, 1.54) is 6.07 Å². The van der Waals surface area contributed by atoms with Gasteiger partial charge in [0.05, 0.1) is 0 Å². The predicted octanol–water partition coefficient (Wildman–Crippen LogP) is -0.238. The van der Waals surface area contributed by atoms with Crippen molar-refractivity contribution >= 4 is 34.4 Å². The van der Waals surface area contributed by atoms with Crippen molar-refractivity contribution in [1.29, 1.82) is 0 Å². The number of carbonyl (C=O) groups excluding carboxylic acids is 1. The number of anilines is 1. The molecule has 0 aliphatic carbocycles. The first-order chi connectivity index (χ1) is 5.09. The Kier molecular flexibility index (Phi) is 2.22. The second-order valence-corrected chi connectivity index (χ2v) is 2.90. The molecule has 1 rings (SSSR count). The van der Waals surface area contributed by atoms with E-state index in [1.807, 2.05) is 22.6 Å². The number of hydrogen-bond acceptors (Lipinski definition) is 4. The smallest absolute Gasteiger partial charge is 0.267 e. The van der Waals surface area contributed by atoms with Crippen LogP contribution in [0, 0.1) is 3.70 Å². The molecular formula is C5H5IN4O. The number of halogens is 1. The van der Waals surface area contributed by atoms with Crippen molar-refractivity contribution in [3.63, 3.8) is 0 Å². The van der Waals surface area contributed by atoms with E-state index in [0.717, 1.165) is 0 Å². The summed E-state index contributed by atoms with van der Waals surface area (Å²) in [6.07, 6.45) is 0. The van der Waals surface area contributed by atoms with Crippen LogP contribution in [0.3, 0.4) is 0 Å². The lowest BCUT2D eigenvalue weighted by Crippen LogP contribution is -2.15. The molecular weight excluding hydrogens is 259 g/mol. The number of amides is 1. The van der Waals surface area contributed by atoms with Crippen LogP contribution >= 0.6 is 22.6 Å². The fourth-order valence-corrected chi connectivity index (χ4v) is 1.10. The van der Waals surface area contributed by atoms with Gasteiger partial charge in [-0.15, -0.1) is 0 Å². The number of hydrogen-bond donors (Lipinski definition) is 2. The minimum absolute atomic E-state index is 0.0608. The third kappa shape index (κ3) is 2.00. The van der Waals surface area contributed by atoms with Crippen LogP contribution in [0.1, 0.15) is 10.5 Å². The standard InChI is InChI=1S/C5H5IN4O/c6-3-1-2(4(7)11)9-5(8)10-3/h1H,(H2,7,11)(H2,8,9,10). The van der Waals surface area contributed by atoms with Gasteiger partial charge in [-0.2, -0.15) is 0 Å². The van der Waals surface area contributed by atoms with Crippen molar-refractivity contribution in [3.05, 3.63) is 15.5 Å². The Morgan fingerprint density at radius 1 is 1.55 bits per heavy atom. The summed E-state index contributed by atoms with van der Waals surface area (Å²) in [5.41, 5.74) is 10.4. The van der Waals surface area contributed by atoms with Gasteiger partial charge in [-0.3, -0.25) is 4.79 Å². The van der Waals surface area contributed by atoms with E-state index in [2.05, 4.69) is 9.97 Å². The van der Waals surface area contributed by atoms with Crippen LogP contribution in [-0.2, 0) is 0 Å². The van der Waals surface area contributed by atoms with Gasteiger partial charge in [0.2, 0.25) is 5.95 Å². The molecule has 0 aromatic carbocycles. The van der Waals surface area contributed by atoms with E-state index in [0.29, 0.717) is 3.70 Å². The van der Waals surface area contributed by atoms with Gasteiger partial charge in [-0.25, -0.2) is 9.97 Å². The molecule has 0 aliphatic heterocycles. The quantitative estimate of drug-likeness (QED) is 0.540. The molecule has 0 aliphatic rings. The zero-order chi connectivity index (χ0) is 8.43. The molecule has 0 spiro atoms. The molecule has 0 fully saturated rings. The van der Waals surface area contributed by atoms with Crippen LogP contribution in [0.5, 0.6) is 0 Å². The second kappa shape index (κ2) is 2.99. The maximum absolute atomic E-state index is 10.6. The zero-order valence-electron chi connectivity index (χ0n) is 5.41. The summed E-state index contributed by atoms with van der Waals surface area (Å²) in [7, 11) is 0. The fourth-order valence-electron chi connectivity index (χ4n) is 0.561. The first kappa shape index (κ1) is 8.18. The van der Waals surface area contributed by atoms with Crippen LogP contribution in [0.4, 0.5) is 5.95 Å². The van der Waals surface area contributed by atoms with Gasteiger partial charge < -0.3 is 11.5 Å². The molecule has 0 radical (unpaired) electrons. The topological polar surface area (TPSA) is 94.9 Å². The van der Waals surface area contributed by atoms with Crippen LogP contribution in [-0.4, -0.2) is 15.9 Å². The molecule has 1 aromatic heterocycles. The van der Waals surface area contributed by atoms with Gasteiger partial charge in [0.1, 0.15) is 9.39 Å². The Bertz CT molecular complexity index is 280. The number of nitrogens with two attached hydrogens (primary N) is 2. The van der Waals surface area contributed by atoms with Crippen LogP contribution in [0.2, 0.25) is 0 Å². The highest BCUT2D eigenvalue weighted by atomic mass is 127. The van der Waals surface area contributed by atoms with E-state index in [9.17, 15) is 4.79 Å². The van der Waals surface area contributed by atoms with Gasteiger partial charge in [-0.1, -0.05) is 0 Å². The molecule has 1 heterocycles. The van der Waals surface area contributed by atoms with Gasteiger partial charge in [0, 0.05) is 6.07 Å². The predicted molar refractivity (Wildman–Crippen MR) is 47.7 cm³/mol. The Labute approximate surface area is 76.3 Å². The molecule has 5 nitrogen and oxygen atoms in total. The Balaban J connectivity index is 3.19. The van der Waals surface area contributed by atoms with Gasteiger partial charge in [0.15, 0.2) is 0 Å². The first-order valence-corrected chi connectivity index (χ1v) is 3.77. The maximum atomic E-state index is 10.6. The summed E-state index contributed by atoms with van der Waals surface area (Å²) in [6.45, 7) is 0. The summed E-state index contributed by atoms with van der Waals surface area (Å²) >= 11 is 1.93. The van der Waals surface area contributed by atoms with E-state index in [-0.39, 0.29) is 11.6 Å². The first-order valence-electron chi connectivity index (χ1n) is 2.69. The molecule has 4 N–H and O–H groups in total. The van der Waals surface area contributed by atoms with Crippen molar-refractivity contribution in [2.75, 3.05) is 5.73 Å². The van der Waals surface area contributed by atoms with Gasteiger partial charge in [0.25, 0.3) is 5.91 Å². The molecule has 6 heteroatoms. The average Bonchev–Trinajstić information content (AvgIpc) is 1.85. The molecule has 1 aromatic rings. The van der Waals surface area contributed by atoms with Crippen LogP contribution in [0.25, 0.3) is 0 Å². The number of carbonyl (C=O) groups is 1. The van der Waals surface area contributed by atoms with E-state index < -0.39 is 5.91 Å². The van der Waals surface area contributed by atoms with Gasteiger partial charge >= 0.3 is 0 Å². The molecule has 0 unspecified atom stereocenters. The molecule has 58 valence electrons. The van der Waals surface area contributed by atoms with Crippen molar-refractivity contribution in [2.24, 2.45) is 5.73 Å². The van der Waals surface area contributed by atoms with E-state index >= 15 is 0 Å². The lowest BCUT2D eigenvalue weighted by molar-refractivity contribution is 0.0995. The summed E-state index contributed by atoms with van der Waals surface area (Å²) in [4.78, 5) is 18.0. The third-order valence-corrected chi connectivity index (χ3v) is 1.52. The molecule has 11 heavy (non-hydrogen) atoms. The summed E-state index contributed by atoms with van der Waals surface area (Å²) in [6, 6.07) is 1.47. The average molecular weight is 264 g/mol. The monoisotopic (exact) mass is 264 g/mol. The number of nitrogens with zero attached hydrogens (tertiary/aromatic N) is 2. The normalized spacial score (nSPS) is 9.55. The highest BCUT2D eigenvalue weighted by Crippen LogP contribution is 2.04. The minimum Gasteiger partial charge on any atom is -0.368 e. The summed E-state index contributed by atoms with van der Waals surface area (Å²) in [5, 5.41) is 0. The van der Waals surface area contributed by atoms with Crippen LogP contribution in [0.15, 0.2) is 6.07 Å². The van der Waals surface area contributed by atoms with Crippen molar-refractivity contribution in [2.45, 2.75) is 0 Å². The van der Waals surface area contributed by atoms with E-state index in [4.69, 9.17) is 11.5 Å². The lowest BCUT2D eigenvalue weighted by Gasteiger charge is -1.96. The highest BCUT2D eigenvalue weighted by molar-refractivity contribution is 14.1. The molecule has 0 atom stereocenters. The van der Waals surface area contributed by atoms with Crippen LogP contribution < -0.4 is 11.5 Å². The number of nitrogen functional groups attached to an aromatic ring is 1. The minimum atomic E-state index is -0.600. The second-order valence-electron chi connectivity index (χ2n) is 1.80. The molecule has 0 saturated heterocycles. The molecule has 0 bridgehead atoms.